The smallest absolute Gasteiger partial charge is 0.223 e. The first-order valence-electron chi connectivity index (χ1n) is 2.91. The molecular weight excluding hydrogens is 249 g/mol. The maximum absolute atomic E-state index is 12.2. The molecule has 0 N–H and O–H groups in total. The summed E-state index contributed by atoms with van der Waals surface area (Å²) in [6, 6.07) is 0.621. The Morgan fingerprint density at radius 2 is 1.69 bits per heavy atom. The molecule has 0 bridgehead atoms. The lowest BCUT2D eigenvalue weighted by molar-refractivity contribution is -0.137. The molecule has 0 spiro atoms. The third kappa shape index (κ3) is 2.39. The van der Waals surface area contributed by atoms with Gasteiger partial charge in [-0.3, -0.25) is 0 Å². The van der Waals surface area contributed by atoms with Crippen molar-refractivity contribution in [3.05, 3.63) is 27.0 Å². The molecule has 0 atom stereocenters. The van der Waals surface area contributed by atoms with Crippen molar-refractivity contribution in [1.82, 2.24) is 4.98 Å². The molecule has 1 aromatic heterocycles. The van der Waals surface area contributed by atoms with Crippen LogP contribution in [-0.2, 0) is 6.18 Å². The molecule has 13 heavy (non-hydrogen) atoms. The second-order valence-electron chi connectivity index (χ2n) is 2.10. The van der Waals surface area contributed by atoms with E-state index in [1.807, 2.05) is 0 Å². The van der Waals surface area contributed by atoms with Gasteiger partial charge in [0, 0.05) is 0 Å². The van der Waals surface area contributed by atoms with Gasteiger partial charge >= 0.3 is 6.18 Å². The van der Waals surface area contributed by atoms with E-state index in [-0.39, 0.29) is 5.15 Å². The van der Waals surface area contributed by atoms with Crippen molar-refractivity contribution in [2.45, 2.75) is 6.18 Å². The molecule has 0 amide bonds. The molecule has 1 nitrogen and oxygen atoms in total. The fraction of sp³-hybridized carbons (Fsp3) is 0.167. The Balaban J connectivity index is 3.37. The number of rotatable bonds is 0. The molecule has 1 rings (SSSR count). The van der Waals surface area contributed by atoms with Gasteiger partial charge in [0.1, 0.15) is 10.3 Å². The van der Waals surface area contributed by atoms with Crippen molar-refractivity contribution >= 4 is 34.8 Å². The van der Waals surface area contributed by atoms with Gasteiger partial charge in [-0.2, -0.15) is 13.2 Å². The van der Waals surface area contributed by atoms with E-state index in [2.05, 4.69) is 4.98 Å². The number of alkyl halides is 3. The van der Waals surface area contributed by atoms with Crippen LogP contribution in [0.25, 0.3) is 0 Å². The van der Waals surface area contributed by atoms with E-state index >= 15 is 0 Å². The van der Waals surface area contributed by atoms with Gasteiger partial charge < -0.3 is 0 Å². The molecule has 0 saturated carbocycles. The van der Waals surface area contributed by atoms with Crippen LogP contribution >= 0.6 is 34.8 Å². The average molecular weight is 250 g/mol. The van der Waals surface area contributed by atoms with E-state index in [0.717, 1.165) is 0 Å². The second kappa shape index (κ2) is 3.52. The Hall–Kier alpha value is -0.190. The van der Waals surface area contributed by atoms with Crippen LogP contribution in [0.3, 0.4) is 0 Å². The van der Waals surface area contributed by atoms with Gasteiger partial charge in [0.05, 0.1) is 10.6 Å². The average Bonchev–Trinajstić information content (AvgIpc) is 1.94. The zero-order chi connectivity index (χ0) is 10.2. The molecule has 1 aromatic rings. The Bertz CT molecular complexity index is 337. The van der Waals surface area contributed by atoms with Crippen LogP contribution in [0.15, 0.2) is 6.07 Å². The van der Waals surface area contributed by atoms with E-state index in [0.29, 0.717) is 6.07 Å². The summed E-state index contributed by atoms with van der Waals surface area (Å²) in [5.41, 5.74) is -1.08. The van der Waals surface area contributed by atoms with Gasteiger partial charge in [-0.1, -0.05) is 34.8 Å². The van der Waals surface area contributed by atoms with Crippen LogP contribution in [-0.4, -0.2) is 4.98 Å². The van der Waals surface area contributed by atoms with Crippen LogP contribution in [0.5, 0.6) is 0 Å². The lowest BCUT2D eigenvalue weighted by Gasteiger charge is -2.09. The molecule has 72 valence electrons. The highest BCUT2D eigenvalue weighted by Crippen LogP contribution is 2.38. The van der Waals surface area contributed by atoms with Gasteiger partial charge in [-0.05, 0) is 6.07 Å². The summed E-state index contributed by atoms with van der Waals surface area (Å²) in [5, 5.41) is -1.44. The second-order valence-corrected chi connectivity index (χ2v) is 3.22. The lowest BCUT2D eigenvalue weighted by atomic mass is 10.2. The standard InChI is InChI=1S/C6HCl3F3N/c7-3-1-2(6(10,11)12)4(8)5(9)13-3/h1H. The van der Waals surface area contributed by atoms with Crippen molar-refractivity contribution < 1.29 is 13.2 Å². The normalized spacial score (nSPS) is 11.8. The summed E-state index contributed by atoms with van der Waals surface area (Å²) < 4.78 is 36.5. The third-order valence-electron chi connectivity index (χ3n) is 1.19. The van der Waals surface area contributed by atoms with Crippen LogP contribution in [0.2, 0.25) is 15.3 Å². The Labute approximate surface area is 86.4 Å². The van der Waals surface area contributed by atoms with Crippen molar-refractivity contribution in [2.24, 2.45) is 0 Å². The zero-order valence-corrected chi connectivity index (χ0v) is 8.06. The van der Waals surface area contributed by atoms with E-state index < -0.39 is 21.9 Å². The van der Waals surface area contributed by atoms with Gasteiger partial charge in [-0.15, -0.1) is 0 Å². The first-order valence-corrected chi connectivity index (χ1v) is 4.04. The highest BCUT2D eigenvalue weighted by Gasteiger charge is 2.34. The predicted octanol–water partition coefficient (Wildman–Crippen LogP) is 4.06. The van der Waals surface area contributed by atoms with Crippen LogP contribution < -0.4 is 0 Å². The zero-order valence-electron chi connectivity index (χ0n) is 5.79. The molecule has 1 heterocycles. The number of pyridine rings is 1. The minimum atomic E-state index is -4.58. The summed E-state index contributed by atoms with van der Waals surface area (Å²) in [6.45, 7) is 0. The Morgan fingerprint density at radius 3 is 2.15 bits per heavy atom. The van der Waals surface area contributed by atoms with Crippen molar-refractivity contribution in [2.75, 3.05) is 0 Å². The minimum Gasteiger partial charge on any atom is -0.223 e. The molecule has 0 fully saturated rings. The number of halogens is 6. The lowest BCUT2D eigenvalue weighted by Crippen LogP contribution is -2.06. The van der Waals surface area contributed by atoms with Crippen molar-refractivity contribution in [3.8, 4) is 0 Å². The van der Waals surface area contributed by atoms with Gasteiger partial charge in [0.15, 0.2) is 0 Å². The Kier molecular flexibility index (Phi) is 2.95. The predicted molar refractivity (Wildman–Crippen MR) is 44.3 cm³/mol. The number of aromatic nitrogens is 1. The molecule has 0 aromatic carbocycles. The summed E-state index contributed by atoms with van der Waals surface area (Å²) in [4.78, 5) is 3.35. The summed E-state index contributed by atoms with van der Waals surface area (Å²) >= 11 is 15.8. The number of nitrogens with zero attached hydrogens (tertiary/aromatic N) is 1. The highest BCUT2D eigenvalue weighted by molar-refractivity contribution is 6.42. The molecular formula is C6HCl3F3N. The first kappa shape index (κ1) is 10.9. The highest BCUT2D eigenvalue weighted by atomic mass is 35.5. The molecule has 0 unspecified atom stereocenters. The van der Waals surface area contributed by atoms with E-state index in [1.165, 1.54) is 0 Å². The maximum Gasteiger partial charge on any atom is 0.418 e. The van der Waals surface area contributed by atoms with Crippen molar-refractivity contribution in [3.63, 3.8) is 0 Å². The maximum atomic E-state index is 12.2. The van der Waals surface area contributed by atoms with Gasteiger partial charge in [0.25, 0.3) is 0 Å². The Morgan fingerprint density at radius 1 is 1.15 bits per heavy atom. The SMILES string of the molecule is FC(F)(F)c1cc(Cl)nc(Cl)c1Cl. The summed E-state index contributed by atoms with van der Waals surface area (Å²) in [7, 11) is 0. The van der Waals surface area contributed by atoms with Gasteiger partial charge in [-0.25, -0.2) is 4.98 Å². The fourth-order valence-electron chi connectivity index (χ4n) is 0.675. The van der Waals surface area contributed by atoms with E-state index in [1.54, 1.807) is 0 Å². The fourth-order valence-corrected chi connectivity index (χ4v) is 1.31. The quantitative estimate of drug-likeness (QED) is 0.633. The summed E-state index contributed by atoms with van der Waals surface area (Å²) in [5.74, 6) is 0. The van der Waals surface area contributed by atoms with Crippen LogP contribution in [0.1, 0.15) is 5.56 Å². The first-order chi connectivity index (χ1) is 5.82. The third-order valence-corrected chi connectivity index (χ3v) is 2.14. The van der Waals surface area contributed by atoms with Crippen LogP contribution in [0.4, 0.5) is 13.2 Å². The number of hydrogen-bond acceptors (Lipinski definition) is 1. The molecule has 7 heteroatoms. The topological polar surface area (TPSA) is 12.9 Å². The van der Waals surface area contributed by atoms with Crippen LogP contribution in [0, 0.1) is 0 Å². The molecule has 0 radical (unpaired) electrons. The van der Waals surface area contributed by atoms with Crippen molar-refractivity contribution in [1.29, 1.82) is 0 Å². The molecule has 0 aliphatic rings. The van der Waals surface area contributed by atoms with E-state index in [4.69, 9.17) is 34.8 Å². The van der Waals surface area contributed by atoms with Gasteiger partial charge in [0.2, 0.25) is 0 Å². The minimum absolute atomic E-state index is 0.346. The number of hydrogen-bond donors (Lipinski definition) is 0. The largest absolute Gasteiger partial charge is 0.418 e. The molecule has 0 aliphatic carbocycles. The molecule has 0 saturated heterocycles. The monoisotopic (exact) mass is 249 g/mol. The molecule has 0 aliphatic heterocycles. The summed E-state index contributed by atoms with van der Waals surface area (Å²) in [6.07, 6.45) is -4.58. The van der Waals surface area contributed by atoms with E-state index in [9.17, 15) is 13.2 Å².